The van der Waals surface area contributed by atoms with Crippen molar-refractivity contribution in [3.8, 4) is 11.1 Å². The fraction of sp³-hybridized carbons (Fsp3) is 0.0909. The van der Waals surface area contributed by atoms with E-state index in [1.165, 1.54) is 0 Å². The molecule has 3 heteroatoms. The number of nitrogen functional groups attached to an aromatic ring is 2. The molecule has 72 valence electrons. The number of hydrogen-bond acceptors (Lipinski definition) is 2. The van der Waals surface area contributed by atoms with Crippen LogP contribution in [0.25, 0.3) is 11.1 Å². The Morgan fingerprint density at radius 1 is 1.14 bits per heavy atom. The molecule has 0 amide bonds. The first-order valence-corrected chi connectivity index (χ1v) is 4.47. The van der Waals surface area contributed by atoms with E-state index in [9.17, 15) is 0 Å². The van der Waals surface area contributed by atoms with Gasteiger partial charge in [0, 0.05) is 34.9 Å². The van der Waals surface area contributed by atoms with Gasteiger partial charge in [0.05, 0.1) is 0 Å². The second-order valence-corrected chi connectivity index (χ2v) is 3.40. The first-order valence-electron chi connectivity index (χ1n) is 4.47. The molecular weight excluding hydrogens is 174 g/mol. The Balaban J connectivity index is 2.60. The smallest absolute Gasteiger partial charge is 0.0398 e. The van der Waals surface area contributed by atoms with Crippen LogP contribution in [0.1, 0.15) is 5.56 Å². The van der Waals surface area contributed by atoms with Crippen molar-refractivity contribution < 1.29 is 0 Å². The molecular formula is C11H13N3. The summed E-state index contributed by atoms with van der Waals surface area (Å²) in [6.45, 7) is 1.95. The lowest BCUT2D eigenvalue weighted by Crippen LogP contribution is -1.95. The third-order valence-corrected chi connectivity index (χ3v) is 2.35. The summed E-state index contributed by atoms with van der Waals surface area (Å²) in [5.41, 5.74) is 16.3. The number of aryl methyl sites for hydroxylation is 1. The Kier molecular flexibility index (Phi) is 1.93. The van der Waals surface area contributed by atoms with Crippen molar-refractivity contribution in [3.63, 3.8) is 0 Å². The lowest BCUT2D eigenvalue weighted by Gasteiger charge is -2.07. The van der Waals surface area contributed by atoms with Crippen LogP contribution in [0.4, 0.5) is 11.4 Å². The van der Waals surface area contributed by atoms with Crippen molar-refractivity contribution in [1.29, 1.82) is 0 Å². The highest BCUT2D eigenvalue weighted by atomic mass is 14.6. The SMILES string of the molecule is Cc1cc(N)c(-c2cc[nH]c2)cc1N. The topological polar surface area (TPSA) is 67.8 Å². The van der Waals surface area contributed by atoms with Crippen LogP contribution in [0.3, 0.4) is 0 Å². The Morgan fingerprint density at radius 3 is 2.57 bits per heavy atom. The van der Waals surface area contributed by atoms with Crippen LogP contribution in [0, 0.1) is 6.92 Å². The molecule has 5 N–H and O–H groups in total. The van der Waals surface area contributed by atoms with Crippen LogP contribution in [0.2, 0.25) is 0 Å². The molecule has 0 aliphatic rings. The van der Waals surface area contributed by atoms with Gasteiger partial charge in [0.15, 0.2) is 0 Å². The molecule has 1 aromatic heterocycles. The van der Waals surface area contributed by atoms with Crippen molar-refractivity contribution in [1.82, 2.24) is 4.98 Å². The van der Waals surface area contributed by atoms with Gasteiger partial charge in [-0.15, -0.1) is 0 Å². The summed E-state index contributed by atoms with van der Waals surface area (Å²) in [7, 11) is 0. The zero-order valence-electron chi connectivity index (χ0n) is 8.04. The second kappa shape index (κ2) is 3.10. The summed E-state index contributed by atoms with van der Waals surface area (Å²) in [5.74, 6) is 0. The number of rotatable bonds is 1. The molecule has 2 rings (SSSR count). The predicted molar refractivity (Wildman–Crippen MR) is 59.8 cm³/mol. The van der Waals surface area contributed by atoms with Crippen LogP contribution < -0.4 is 11.5 Å². The highest BCUT2D eigenvalue weighted by Crippen LogP contribution is 2.29. The monoisotopic (exact) mass is 187 g/mol. The number of aromatic amines is 1. The molecule has 0 saturated carbocycles. The van der Waals surface area contributed by atoms with E-state index in [2.05, 4.69) is 4.98 Å². The van der Waals surface area contributed by atoms with E-state index in [-0.39, 0.29) is 0 Å². The molecule has 0 fully saturated rings. The van der Waals surface area contributed by atoms with Crippen molar-refractivity contribution in [2.45, 2.75) is 6.92 Å². The van der Waals surface area contributed by atoms with E-state index in [0.717, 1.165) is 28.1 Å². The largest absolute Gasteiger partial charge is 0.398 e. The third kappa shape index (κ3) is 1.33. The Morgan fingerprint density at radius 2 is 1.93 bits per heavy atom. The minimum absolute atomic E-state index is 0.760. The maximum atomic E-state index is 5.91. The minimum atomic E-state index is 0.760. The molecule has 14 heavy (non-hydrogen) atoms. The number of nitrogens with two attached hydrogens (primary N) is 2. The van der Waals surface area contributed by atoms with Gasteiger partial charge in [-0.3, -0.25) is 0 Å². The van der Waals surface area contributed by atoms with Gasteiger partial charge < -0.3 is 16.5 Å². The molecule has 0 aliphatic heterocycles. The first-order chi connectivity index (χ1) is 6.68. The normalized spacial score (nSPS) is 10.4. The number of aromatic nitrogens is 1. The molecule has 0 atom stereocenters. The number of benzene rings is 1. The highest BCUT2D eigenvalue weighted by molar-refractivity contribution is 5.80. The van der Waals surface area contributed by atoms with Crippen LogP contribution in [-0.2, 0) is 0 Å². The van der Waals surface area contributed by atoms with Gasteiger partial charge in [0.25, 0.3) is 0 Å². The number of nitrogens with one attached hydrogen (secondary N) is 1. The van der Waals surface area contributed by atoms with E-state index in [1.54, 1.807) is 0 Å². The minimum Gasteiger partial charge on any atom is -0.398 e. The quantitative estimate of drug-likeness (QED) is 0.599. The van der Waals surface area contributed by atoms with Gasteiger partial charge in [-0.2, -0.15) is 0 Å². The molecule has 0 aliphatic carbocycles. The molecule has 0 spiro atoms. The Labute approximate surface area is 82.7 Å². The van der Waals surface area contributed by atoms with Gasteiger partial charge in [-0.25, -0.2) is 0 Å². The number of H-pyrrole nitrogens is 1. The molecule has 1 aromatic carbocycles. The lowest BCUT2D eigenvalue weighted by atomic mass is 10.0. The average molecular weight is 187 g/mol. The predicted octanol–water partition coefficient (Wildman–Crippen LogP) is 2.15. The second-order valence-electron chi connectivity index (χ2n) is 3.40. The fourth-order valence-corrected chi connectivity index (χ4v) is 1.49. The number of hydrogen-bond donors (Lipinski definition) is 3. The maximum absolute atomic E-state index is 5.91. The summed E-state index contributed by atoms with van der Waals surface area (Å²) in [5, 5.41) is 0. The first kappa shape index (κ1) is 8.69. The summed E-state index contributed by atoms with van der Waals surface area (Å²) in [6.07, 6.45) is 3.77. The van der Waals surface area contributed by atoms with E-state index in [1.807, 2.05) is 37.5 Å². The summed E-state index contributed by atoms with van der Waals surface area (Å²) in [4.78, 5) is 2.99. The molecule has 1 heterocycles. The molecule has 0 bridgehead atoms. The van der Waals surface area contributed by atoms with Gasteiger partial charge in [-0.1, -0.05) is 0 Å². The van der Waals surface area contributed by atoms with Crippen molar-refractivity contribution in [3.05, 3.63) is 36.2 Å². The summed E-state index contributed by atoms with van der Waals surface area (Å²) in [6, 6.07) is 5.78. The highest BCUT2D eigenvalue weighted by Gasteiger charge is 2.05. The van der Waals surface area contributed by atoms with Crippen LogP contribution in [0.5, 0.6) is 0 Å². The van der Waals surface area contributed by atoms with Crippen molar-refractivity contribution in [2.24, 2.45) is 0 Å². The van der Waals surface area contributed by atoms with Gasteiger partial charge in [-0.05, 0) is 30.7 Å². The molecule has 3 nitrogen and oxygen atoms in total. The van der Waals surface area contributed by atoms with Crippen molar-refractivity contribution >= 4 is 11.4 Å². The Bertz CT molecular complexity index is 444. The number of anilines is 2. The van der Waals surface area contributed by atoms with Crippen LogP contribution in [0.15, 0.2) is 30.6 Å². The van der Waals surface area contributed by atoms with Crippen molar-refractivity contribution in [2.75, 3.05) is 11.5 Å². The zero-order chi connectivity index (χ0) is 10.1. The van der Waals surface area contributed by atoms with E-state index in [0.29, 0.717) is 0 Å². The van der Waals surface area contributed by atoms with Crippen LogP contribution >= 0.6 is 0 Å². The summed E-state index contributed by atoms with van der Waals surface area (Å²) < 4.78 is 0. The standard InChI is InChI=1S/C11H13N3/c1-7-4-11(13)9(5-10(7)12)8-2-3-14-6-8/h2-6,14H,12-13H2,1H3. The Hall–Kier alpha value is -1.90. The lowest BCUT2D eigenvalue weighted by molar-refractivity contribution is 1.41. The summed E-state index contributed by atoms with van der Waals surface area (Å²) >= 11 is 0. The van der Waals surface area contributed by atoms with Gasteiger partial charge in [0.2, 0.25) is 0 Å². The van der Waals surface area contributed by atoms with E-state index >= 15 is 0 Å². The maximum Gasteiger partial charge on any atom is 0.0398 e. The molecule has 0 radical (unpaired) electrons. The van der Waals surface area contributed by atoms with E-state index < -0.39 is 0 Å². The van der Waals surface area contributed by atoms with Crippen LogP contribution in [-0.4, -0.2) is 4.98 Å². The average Bonchev–Trinajstić information content (AvgIpc) is 2.64. The molecule has 2 aromatic rings. The molecule has 0 saturated heterocycles. The third-order valence-electron chi connectivity index (χ3n) is 2.35. The molecule has 0 unspecified atom stereocenters. The zero-order valence-corrected chi connectivity index (χ0v) is 8.04. The van der Waals surface area contributed by atoms with E-state index in [4.69, 9.17) is 11.5 Å². The fourth-order valence-electron chi connectivity index (χ4n) is 1.49. The van der Waals surface area contributed by atoms with Gasteiger partial charge in [0.1, 0.15) is 0 Å². The van der Waals surface area contributed by atoms with Gasteiger partial charge >= 0.3 is 0 Å².